The number of rotatable bonds is 7. The molecule has 0 radical (unpaired) electrons. The molecule has 0 aliphatic carbocycles. The molecule has 0 spiro atoms. The summed E-state index contributed by atoms with van der Waals surface area (Å²) in [6.07, 6.45) is -9.80. The predicted molar refractivity (Wildman–Crippen MR) is 58.2 cm³/mol. The van der Waals surface area contributed by atoms with Crippen molar-refractivity contribution in [2.24, 2.45) is 0 Å². The first-order valence-electron chi connectivity index (χ1n) is 5.63. The highest BCUT2D eigenvalue weighted by molar-refractivity contribution is 5.79. The van der Waals surface area contributed by atoms with Gasteiger partial charge in [0.05, 0.1) is 26.6 Å². The van der Waals surface area contributed by atoms with E-state index in [0.29, 0.717) is 0 Å². The van der Waals surface area contributed by atoms with E-state index in [1.807, 2.05) is 0 Å². The van der Waals surface area contributed by atoms with Gasteiger partial charge in [-0.1, -0.05) is 0 Å². The lowest BCUT2D eigenvalue weighted by molar-refractivity contribution is -0.162. The van der Waals surface area contributed by atoms with Crippen LogP contribution in [0.3, 0.4) is 0 Å². The minimum absolute atomic E-state index is 0.250. The molecule has 0 aliphatic heterocycles. The Balaban J connectivity index is 4.49. The fourth-order valence-electron chi connectivity index (χ4n) is 1.26. The zero-order chi connectivity index (χ0) is 16.7. The number of esters is 1. The minimum atomic E-state index is -4.73. The summed E-state index contributed by atoms with van der Waals surface area (Å²) in [6, 6.07) is 0. The van der Waals surface area contributed by atoms with Crippen LogP contribution in [0.1, 0.15) is 6.42 Å². The molecule has 0 saturated carbocycles. The van der Waals surface area contributed by atoms with Crippen molar-refractivity contribution in [2.45, 2.75) is 18.8 Å². The van der Waals surface area contributed by atoms with Crippen molar-refractivity contribution in [2.75, 3.05) is 33.3 Å². The Morgan fingerprint density at radius 3 is 2.10 bits per heavy atom. The maximum atomic E-state index is 12.3. The zero-order valence-corrected chi connectivity index (χ0v) is 11.0. The third-order valence-corrected chi connectivity index (χ3v) is 2.14. The number of nitrogens with one attached hydrogen (secondary N) is 1. The van der Waals surface area contributed by atoms with E-state index < -0.39 is 56.8 Å². The van der Waals surface area contributed by atoms with Crippen LogP contribution in [0, 0.1) is 0 Å². The average molecular weight is 324 g/mol. The first-order valence-corrected chi connectivity index (χ1v) is 5.63. The summed E-state index contributed by atoms with van der Waals surface area (Å²) in [7, 11) is 1.02. The van der Waals surface area contributed by atoms with Crippen LogP contribution in [0.15, 0.2) is 0 Å². The highest BCUT2D eigenvalue weighted by Crippen LogP contribution is 2.17. The Bertz CT molecular complexity index is 356. The molecule has 11 heteroatoms. The smallest absolute Gasteiger partial charge is 0.406 e. The summed E-state index contributed by atoms with van der Waals surface area (Å²) in [5.41, 5.74) is 0. The van der Waals surface area contributed by atoms with Crippen molar-refractivity contribution >= 4 is 11.9 Å². The van der Waals surface area contributed by atoms with Crippen molar-refractivity contribution in [3.8, 4) is 0 Å². The third kappa shape index (κ3) is 10.9. The van der Waals surface area contributed by atoms with Gasteiger partial charge in [0, 0.05) is 6.54 Å². The van der Waals surface area contributed by atoms with Crippen LogP contribution in [0.5, 0.6) is 0 Å². The fourth-order valence-corrected chi connectivity index (χ4v) is 1.26. The predicted octanol–water partition coefficient (Wildman–Crippen LogP) is 1.09. The van der Waals surface area contributed by atoms with Gasteiger partial charge in [-0.3, -0.25) is 9.59 Å². The number of methoxy groups -OCH3 is 1. The standard InChI is InChI=1S/C10H14F6N2O3/c1-21-8(20)2-3-18(6-10(14,15)16)7(19)4-17-5-9(11,12)13/h17H,2-6H2,1H3. The van der Waals surface area contributed by atoms with E-state index in [4.69, 9.17) is 0 Å². The monoisotopic (exact) mass is 324 g/mol. The van der Waals surface area contributed by atoms with Gasteiger partial charge in [0.1, 0.15) is 6.54 Å². The quantitative estimate of drug-likeness (QED) is 0.563. The number of carbonyl (C=O) groups excluding carboxylic acids is 2. The molecule has 0 fully saturated rings. The molecule has 0 saturated heterocycles. The number of ether oxygens (including phenoxy) is 1. The molecule has 1 amide bonds. The van der Waals surface area contributed by atoms with Gasteiger partial charge < -0.3 is 15.0 Å². The SMILES string of the molecule is COC(=O)CCN(CC(F)(F)F)C(=O)CNCC(F)(F)F. The number of hydrogen-bond donors (Lipinski definition) is 1. The highest BCUT2D eigenvalue weighted by Gasteiger charge is 2.33. The van der Waals surface area contributed by atoms with E-state index in [2.05, 4.69) is 4.74 Å². The molecule has 0 unspecified atom stereocenters. The van der Waals surface area contributed by atoms with E-state index in [9.17, 15) is 35.9 Å². The van der Waals surface area contributed by atoms with Crippen LogP contribution in [0.25, 0.3) is 0 Å². The molecule has 0 bridgehead atoms. The van der Waals surface area contributed by atoms with Gasteiger partial charge >= 0.3 is 18.3 Å². The Kier molecular flexibility index (Phi) is 7.47. The van der Waals surface area contributed by atoms with Crippen molar-refractivity contribution in [3.63, 3.8) is 0 Å². The third-order valence-electron chi connectivity index (χ3n) is 2.14. The second-order valence-corrected chi connectivity index (χ2v) is 3.98. The van der Waals surface area contributed by atoms with E-state index in [1.54, 1.807) is 5.32 Å². The van der Waals surface area contributed by atoms with Gasteiger partial charge in [0.25, 0.3) is 0 Å². The minimum Gasteiger partial charge on any atom is -0.469 e. The zero-order valence-electron chi connectivity index (χ0n) is 11.0. The lowest BCUT2D eigenvalue weighted by atomic mass is 10.3. The highest BCUT2D eigenvalue weighted by atomic mass is 19.4. The Morgan fingerprint density at radius 1 is 1.10 bits per heavy atom. The lowest BCUT2D eigenvalue weighted by Gasteiger charge is -2.23. The lowest BCUT2D eigenvalue weighted by Crippen LogP contribution is -2.45. The van der Waals surface area contributed by atoms with Crippen LogP contribution in [0.2, 0.25) is 0 Å². The normalized spacial score (nSPS) is 12.1. The number of alkyl halides is 6. The number of hydrogen-bond acceptors (Lipinski definition) is 4. The van der Waals surface area contributed by atoms with Crippen molar-refractivity contribution in [1.82, 2.24) is 10.2 Å². The van der Waals surface area contributed by atoms with E-state index in [0.717, 1.165) is 7.11 Å². The molecule has 21 heavy (non-hydrogen) atoms. The van der Waals surface area contributed by atoms with E-state index in [-0.39, 0.29) is 4.90 Å². The van der Waals surface area contributed by atoms with Crippen LogP contribution in [0.4, 0.5) is 26.3 Å². The molecule has 1 N–H and O–H groups in total. The van der Waals surface area contributed by atoms with E-state index in [1.165, 1.54) is 0 Å². The number of nitrogens with zero attached hydrogens (tertiary/aromatic N) is 1. The van der Waals surface area contributed by atoms with Gasteiger partial charge in [-0.15, -0.1) is 0 Å². The Morgan fingerprint density at radius 2 is 1.67 bits per heavy atom. The molecule has 0 aromatic carbocycles. The summed E-state index contributed by atoms with van der Waals surface area (Å²) in [4.78, 5) is 22.5. The largest absolute Gasteiger partial charge is 0.469 e. The fraction of sp³-hybridized carbons (Fsp3) is 0.800. The van der Waals surface area contributed by atoms with Crippen molar-refractivity contribution in [3.05, 3.63) is 0 Å². The number of amides is 1. The average Bonchev–Trinajstić information content (AvgIpc) is 2.30. The molecule has 0 heterocycles. The molecular formula is C10H14F6N2O3. The molecule has 0 aliphatic rings. The van der Waals surface area contributed by atoms with Crippen molar-refractivity contribution in [1.29, 1.82) is 0 Å². The second kappa shape index (κ2) is 8.05. The van der Waals surface area contributed by atoms with Gasteiger partial charge in [-0.25, -0.2) is 0 Å². The molecule has 0 aromatic heterocycles. The number of carbonyl (C=O) groups is 2. The van der Waals surface area contributed by atoms with Gasteiger partial charge in [0.2, 0.25) is 5.91 Å². The van der Waals surface area contributed by atoms with Crippen molar-refractivity contribution < 1.29 is 40.7 Å². The molecule has 124 valence electrons. The molecule has 0 aromatic rings. The van der Waals surface area contributed by atoms with Gasteiger partial charge in [-0.2, -0.15) is 26.3 Å². The maximum Gasteiger partial charge on any atom is 0.406 e. The van der Waals surface area contributed by atoms with Crippen LogP contribution in [-0.2, 0) is 14.3 Å². The molecular weight excluding hydrogens is 310 g/mol. The number of halogens is 6. The summed E-state index contributed by atoms with van der Waals surface area (Å²) in [5.74, 6) is -2.03. The second-order valence-electron chi connectivity index (χ2n) is 3.98. The first kappa shape index (κ1) is 19.5. The maximum absolute atomic E-state index is 12.3. The summed E-state index contributed by atoms with van der Waals surface area (Å²) in [5, 5.41) is 1.69. The van der Waals surface area contributed by atoms with Crippen LogP contribution >= 0.6 is 0 Å². The van der Waals surface area contributed by atoms with Crippen LogP contribution < -0.4 is 5.32 Å². The molecule has 0 rings (SSSR count). The summed E-state index contributed by atoms with van der Waals surface area (Å²) < 4.78 is 76.6. The first-order chi connectivity index (χ1) is 9.44. The van der Waals surface area contributed by atoms with Crippen LogP contribution in [-0.4, -0.2) is 62.4 Å². The van der Waals surface area contributed by atoms with Gasteiger partial charge in [0.15, 0.2) is 0 Å². The van der Waals surface area contributed by atoms with E-state index >= 15 is 0 Å². The summed E-state index contributed by atoms with van der Waals surface area (Å²) in [6.45, 7) is -4.68. The molecule has 0 atom stereocenters. The summed E-state index contributed by atoms with van der Waals surface area (Å²) >= 11 is 0. The molecule has 5 nitrogen and oxygen atoms in total. The topological polar surface area (TPSA) is 58.6 Å². The Hall–Kier alpha value is -1.52. The van der Waals surface area contributed by atoms with Gasteiger partial charge in [-0.05, 0) is 0 Å². The Labute approximate surface area is 116 Å².